The van der Waals surface area contributed by atoms with Gasteiger partial charge in [0.2, 0.25) is 0 Å². The van der Waals surface area contributed by atoms with Gasteiger partial charge in [-0.15, -0.1) is 0 Å². The van der Waals surface area contributed by atoms with Gasteiger partial charge in [-0.25, -0.2) is 0 Å². The molecule has 0 saturated carbocycles. The number of hydrogen-bond donors (Lipinski definition) is 0. The van der Waals surface area contributed by atoms with Crippen LogP contribution in [0.2, 0.25) is 0 Å². The molecule has 0 bridgehead atoms. The van der Waals surface area contributed by atoms with E-state index in [0.717, 1.165) is 11.4 Å². The molecule has 0 aliphatic heterocycles. The minimum Gasteiger partial charge on any atom is -0.255 e. The summed E-state index contributed by atoms with van der Waals surface area (Å²) in [5.41, 5.74) is 1.83. The van der Waals surface area contributed by atoms with Crippen molar-refractivity contribution < 1.29 is 0 Å². The summed E-state index contributed by atoms with van der Waals surface area (Å²) in [4.78, 5) is 8.37. The number of halogens is 2. The van der Waals surface area contributed by atoms with Crippen LogP contribution in [0.25, 0.3) is 11.4 Å². The van der Waals surface area contributed by atoms with Crippen LogP contribution in [0.1, 0.15) is 0 Å². The molecular formula is C18H14Cl2N2S2Sn. The Balaban J connectivity index is 0.000000146. The molecule has 0 atom stereocenters. The first-order chi connectivity index (χ1) is 12.2. The average Bonchev–Trinajstić information content (AvgIpc) is 3.38. The van der Waals surface area contributed by atoms with Crippen molar-refractivity contribution in [3.63, 3.8) is 0 Å². The minimum atomic E-state index is -3.14. The van der Waals surface area contributed by atoms with Crippen LogP contribution in [0.4, 0.5) is 0 Å². The summed E-state index contributed by atoms with van der Waals surface area (Å²) in [7, 11) is 12.9. The van der Waals surface area contributed by atoms with E-state index < -0.39 is 16.1 Å². The molecule has 4 rings (SSSR count). The minimum absolute atomic E-state index is 0.915. The summed E-state index contributed by atoms with van der Waals surface area (Å²) in [5.74, 6) is 0. The number of hydrogen-bond acceptors (Lipinski definition) is 4. The third-order valence-electron chi connectivity index (χ3n) is 3.25. The molecule has 4 aromatic rings. The number of nitrogens with zero attached hydrogens (tertiary/aromatic N) is 2. The summed E-state index contributed by atoms with van der Waals surface area (Å²) < 4.78 is 2.36. The van der Waals surface area contributed by atoms with Crippen LogP contribution in [0, 0.1) is 0 Å². The SMILES string of the molecule is [Cl][Sn]([Cl])([c]1cccs1)[c]1cccs1.c1ccc(-c2ccccn2)nc1. The van der Waals surface area contributed by atoms with Gasteiger partial charge in [-0.3, -0.25) is 9.97 Å². The molecule has 25 heavy (non-hydrogen) atoms. The van der Waals surface area contributed by atoms with Gasteiger partial charge < -0.3 is 0 Å². The summed E-state index contributed by atoms with van der Waals surface area (Å²) >= 11 is 0.192. The van der Waals surface area contributed by atoms with E-state index in [1.54, 1.807) is 35.1 Å². The molecule has 0 aliphatic rings. The molecule has 0 unspecified atom stereocenters. The largest absolute Gasteiger partial charge is 0.255 e. The molecule has 0 saturated heterocycles. The van der Waals surface area contributed by atoms with Gasteiger partial charge in [-0.05, 0) is 24.3 Å². The number of pyridine rings is 2. The molecule has 0 amide bonds. The van der Waals surface area contributed by atoms with E-state index in [4.69, 9.17) is 17.8 Å². The summed E-state index contributed by atoms with van der Waals surface area (Å²) in [6, 6.07) is 19.7. The fraction of sp³-hybridized carbons (Fsp3) is 0. The Morgan fingerprint density at radius 1 is 0.640 bits per heavy atom. The van der Waals surface area contributed by atoms with Crippen molar-refractivity contribution in [2.45, 2.75) is 0 Å². The molecule has 126 valence electrons. The molecule has 0 fully saturated rings. The van der Waals surface area contributed by atoms with Crippen LogP contribution in [-0.2, 0) is 0 Å². The van der Waals surface area contributed by atoms with Crippen LogP contribution < -0.4 is 5.79 Å². The Kier molecular flexibility index (Phi) is 6.90. The Bertz CT molecular complexity index is 794. The quantitative estimate of drug-likeness (QED) is 0.362. The fourth-order valence-corrected chi connectivity index (χ4v) is 16.6. The molecule has 0 N–H and O–H groups in total. The molecule has 7 heteroatoms. The van der Waals surface area contributed by atoms with Crippen molar-refractivity contribution in [3.05, 3.63) is 83.8 Å². The normalized spacial score (nSPS) is 10.8. The van der Waals surface area contributed by atoms with Crippen LogP contribution in [0.5, 0.6) is 0 Å². The van der Waals surface area contributed by atoms with Crippen molar-refractivity contribution in [3.8, 4) is 11.4 Å². The van der Waals surface area contributed by atoms with E-state index in [1.807, 2.05) is 71.4 Å². The van der Waals surface area contributed by atoms with Gasteiger partial charge in [0.25, 0.3) is 0 Å². The first kappa shape index (κ1) is 18.9. The van der Waals surface area contributed by atoms with E-state index in [1.165, 1.54) is 5.79 Å². The van der Waals surface area contributed by atoms with Gasteiger partial charge in [-0.1, -0.05) is 12.1 Å². The Hall–Kier alpha value is -0.921. The monoisotopic (exact) mass is 512 g/mol. The second-order valence-corrected chi connectivity index (χ2v) is 24.2. The van der Waals surface area contributed by atoms with E-state index in [0.29, 0.717) is 0 Å². The topological polar surface area (TPSA) is 25.8 Å². The third-order valence-corrected chi connectivity index (χ3v) is 23.7. The maximum absolute atomic E-state index is 6.47. The zero-order valence-corrected chi connectivity index (χ0v) is 19.0. The van der Waals surface area contributed by atoms with Crippen LogP contribution in [0.3, 0.4) is 0 Å². The first-order valence-corrected chi connectivity index (χ1v) is 19.3. The Morgan fingerprint density at radius 3 is 1.44 bits per heavy atom. The predicted octanol–water partition coefficient (Wildman–Crippen LogP) is 4.99. The van der Waals surface area contributed by atoms with E-state index in [-0.39, 0.29) is 0 Å². The zero-order chi connectivity index (χ0) is 17.5. The summed E-state index contributed by atoms with van der Waals surface area (Å²) in [6.45, 7) is 0. The standard InChI is InChI=1S/C10H8N2.2C4H3S.2ClH.Sn/c1-3-7-11-9(5-1)10-6-2-4-8-12-10;2*1-2-4-5-3-1;;;/h1-8H;2*1-3H;2*1H;/q;;;;;+2/p-2. The van der Waals surface area contributed by atoms with Crippen molar-refractivity contribution in [2.75, 3.05) is 0 Å². The maximum Gasteiger partial charge on any atom is 0.0886 e. The smallest absolute Gasteiger partial charge is 0.0886 e. The Labute approximate surface area is 166 Å². The van der Waals surface area contributed by atoms with Crippen molar-refractivity contribution in [1.29, 1.82) is 0 Å². The van der Waals surface area contributed by atoms with Crippen LogP contribution in [-0.4, -0.2) is 26.1 Å². The second-order valence-electron chi connectivity index (χ2n) is 4.96. The first-order valence-electron chi connectivity index (χ1n) is 7.46. The van der Waals surface area contributed by atoms with Gasteiger partial charge in [0.15, 0.2) is 0 Å². The number of rotatable bonds is 3. The predicted molar refractivity (Wildman–Crippen MR) is 113 cm³/mol. The average molecular weight is 512 g/mol. The molecule has 0 aromatic carbocycles. The van der Waals surface area contributed by atoms with Gasteiger partial charge in [0.05, 0.1) is 11.4 Å². The van der Waals surface area contributed by atoms with E-state index in [2.05, 4.69) is 9.97 Å². The number of thiophene rings is 2. The maximum atomic E-state index is 6.47. The zero-order valence-electron chi connectivity index (χ0n) is 13.0. The van der Waals surface area contributed by atoms with Crippen molar-refractivity contribution in [2.24, 2.45) is 0 Å². The van der Waals surface area contributed by atoms with E-state index >= 15 is 0 Å². The summed E-state index contributed by atoms with van der Waals surface area (Å²) in [6.07, 6.45) is 3.54. The third kappa shape index (κ3) is 5.05. The second kappa shape index (κ2) is 9.14. The summed E-state index contributed by atoms with van der Waals surface area (Å²) in [5, 5.41) is 4.05. The van der Waals surface area contributed by atoms with Crippen molar-refractivity contribution in [1.82, 2.24) is 9.97 Å². The molecule has 4 aromatic heterocycles. The van der Waals surface area contributed by atoms with E-state index in [9.17, 15) is 0 Å². The Morgan fingerprint density at radius 2 is 1.12 bits per heavy atom. The fourth-order valence-electron chi connectivity index (χ4n) is 2.06. The van der Waals surface area contributed by atoms with Gasteiger partial charge >= 0.3 is 97.5 Å². The van der Waals surface area contributed by atoms with Crippen LogP contribution >= 0.6 is 40.5 Å². The van der Waals surface area contributed by atoms with Crippen LogP contribution in [0.15, 0.2) is 83.8 Å². The van der Waals surface area contributed by atoms with Gasteiger partial charge in [0, 0.05) is 12.4 Å². The molecule has 0 aliphatic carbocycles. The van der Waals surface area contributed by atoms with Gasteiger partial charge in [0.1, 0.15) is 0 Å². The number of aromatic nitrogens is 2. The molecule has 2 nitrogen and oxygen atoms in total. The molecule has 0 spiro atoms. The molecular weight excluding hydrogens is 498 g/mol. The van der Waals surface area contributed by atoms with Crippen molar-refractivity contribution >= 4 is 62.4 Å². The van der Waals surface area contributed by atoms with Gasteiger partial charge in [-0.2, -0.15) is 0 Å². The molecule has 4 heterocycles. The molecule has 0 radical (unpaired) electrons.